The number of rotatable bonds is 9. The molecular weight excluding hydrogens is 276 g/mol. The van der Waals surface area contributed by atoms with Gasteiger partial charge in [0.2, 0.25) is 0 Å². The Morgan fingerprint density at radius 3 is 2.53 bits per heavy atom. The zero-order chi connectivity index (χ0) is 14.3. The molecule has 1 aromatic rings. The van der Waals surface area contributed by atoms with E-state index in [0.717, 1.165) is 12.1 Å². The fourth-order valence-corrected chi connectivity index (χ4v) is 3.66. The van der Waals surface area contributed by atoms with E-state index >= 15 is 0 Å². The number of halogens is 1. The Labute approximate surface area is 127 Å². The number of unbranched alkanes of at least 4 members (excludes halogenated alkanes) is 2. The molecule has 110 valence electrons. The molecule has 0 aliphatic carbocycles. The minimum absolute atomic E-state index is 0.443. The van der Waals surface area contributed by atoms with Crippen LogP contribution in [0.15, 0.2) is 5.38 Å². The Kier molecular flexibility index (Phi) is 7.96. The summed E-state index contributed by atoms with van der Waals surface area (Å²) in [4.78, 5) is 7.27. The Bertz CT molecular complexity index is 352. The number of hydrogen-bond donors (Lipinski definition) is 0. The first-order chi connectivity index (χ1) is 9.13. The molecule has 2 nitrogen and oxygen atoms in total. The molecule has 0 amide bonds. The number of aromatic nitrogens is 1. The van der Waals surface area contributed by atoms with Crippen LogP contribution in [0.3, 0.4) is 0 Å². The van der Waals surface area contributed by atoms with Crippen LogP contribution in [-0.2, 0) is 5.88 Å². The summed E-state index contributed by atoms with van der Waals surface area (Å²) in [6.07, 6.45) is 4.97. The summed E-state index contributed by atoms with van der Waals surface area (Å²) in [5.41, 5.74) is 1.01. The zero-order valence-corrected chi connectivity index (χ0v) is 14.2. The largest absolute Gasteiger partial charge is 0.292 e. The highest BCUT2D eigenvalue weighted by Crippen LogP contribution is 2.29. The van der Waals surface area contributed by atoms with Crippen molar-refractivity contribution in [3.05, 3.63) is 16.1 Å². The van der Waals surface area contributed by atoms with Gasteiger partial charge < -0.3 is 0 Å². The van der Waals surface area contributed by atoms with E-state index in [2.05, 4.69) is 43.0 Å². The molecule has 0 radical (unpaired) electrons. The molecule has 0 fully saturated rings. The molecule has 0 aliphatic rings. The number of alkyl halides is 1. The van der Waals surface area contributed by atoms with Crippen LogP contribution in [0, 0.1) is 0 Å². The average Bonchev–Trinajstić information content (AvgIpc) is 2.86. The molecule has 0 saturated carbocycles. The van der Waals surface area contributed by atoms with Crippen LogP contribution in [0.2, 0.25) is 0 Å². The third kappa shape index (κ3) is 5.05. The minimum atomic E-state index is 0.443. The predicted octanol–water partition coefficient (Wildman–Crippen LogP) is 5.23. The summed E-state index contributed by atoms with van der Waals surface area (Å²) in [5, 5.41) is 3.32. The molecule has 19 heavy (non-hydrogen) atoms. The Balaban J connectivity index is 2.77. The Morgan fingerprint density at radius 1 is 1.32 bits per heavy atom. The van der Waals surface area contributed by atoms with E-state index in [1.54, 1.807) is 11.3 Å². The summed E-state index contributed by atoms with van der Waals surface area (Å²) in [6, 6.07) is 1.00. The van der Waals surface area contributed by atoms with Gasteiger partial charge in [-0.2, -0.15) is 0 Å². The third-order valence-corrected chi connectivity index (χ3v) is 4.73. The molecule has 0 aromatic carbocycles. The van der Waals surface area contributed by atoms with Gasteiger partial charge in [-0.05, 0) is 33.2 Å². The lowest BCUT2D eigenvalue weighted by molar-refractivity contribution is 0.145. The second kappa shape index (κ2) is 8.93. The normalized spacial score (nSPS) is 13.4. The van der Waals surface area contributed by atoms with Gasteiger partial charge >= 0.3 is 0 Å². The van der Waals surface area contributed by atoms with Gasteiger partial charge in [-0.25, -0.2) is 4.98 Å². The maximum absolute atomic E-state index is 5.86. The van der Waals surface area contributed by atoms with Crippen molar-refractivity contribution in [2.45, 2.75) is 71.3 Å². The monoisotopic (exact) mass is 302 g/mol. The van der Waals surface area contributed by atoms with Crippen LogP contribution >= 0.6 is 22.9 Å². The standard InChI is InChI=1S/C15H27ClN2S/c1-5-7-8-9-18(12(3)4)14(6-2)15-17-13(10-16)11-19-15/h11-12,14H,5-10H2,1-4H3. The number of hydrogen-bond acceptors (Lipinski definition) is 3. The van der Waals surface area contributed by atoms with Crippen LogP contribution in [0.25, 0.3) is 0 Å². The maximum atomic E-state index is 5.86. The Morgan fingerprint density at radius 2 is 2.05 bits per heavy atom. The van der Waals surface area contributed by atoms with Crippen LogP contribution in [-0.4, -0.2) is 22.5 Å². The molecule has 0 spiro atoms. The van der Waals surface area contributed by atoms with Gasteiger partial charge in [-0.1, -0.05) is 26.7 Å². The SMILES string of the molecule is CCCCCN(C(C)C)C(CC)c1nc(CCl)cs1. The van der Waals surface area contributed by atoms with Gasteiger partial charge in [0.25, 0.3) is 0 Å². The highest BCUT2D eigenvalue weighted by atomic mass is 35.5. The third-order valence-electron chi connectivity index (χ3n) is 3.46. The molecule has 0 saturated heterocycles. The molecule has 1 heterocycles. The number of nitrogens with zero attached hydrogens (tertiary/aromatic N) is 2. The first-order valence-electron chi connectivity index (χ1n) is 7.39. The van der Waals surface area contributed by atoms with Crippen molar-refractivity contribution in [2.24, 2.45) is 0 Å². The smallest absolute Gasteiger partial charge is 0.110 e. The highest BCUT2D eigenvalue weighted by molar-refractivity contribution is 7.09. The van der Waals surface area contributed by atoms with Crippen LogP contribution < -0.4 is 0 Å². The van der Waals surface area contributed by atoms with Crippen LogP contribution in [0.1, 0.15) is 70.1 Å². The summed E-state index contributed by atoms with van der Waals surface area (Å²) in [6.45, 7) is 10.2. The summed E-state index contributed by atoms with van der Waals surface area (Å²) in [5.74, 6) is 0.518. The van der Waals surface area contributed by atoms with E-state index in [1.165, 1.54) is 30.8 Å². The van der Waals surface area contributed by atoms with E-state index < -0.39 is 0 Å². The summed E-state index contributed by atoms with van der Waals surface area (Å²) < 4.78 is 0. The van der Waals surface area contributed by atoms with Crippen molar-refractivity contribution >= 4 is 22.9 Å². The van der Waals surface area contributed by atoms with E-state index in [0.29, 0.717) is 18.0 Å². The van der Waals surface area contributed by atoms with Crippen molar-refractivity contribution in [3.63, 3.8) is 0 Å². The number of thiazole rings is 1. The average molecular weight is 303 g/mol. The van der Waals surface area contributed by atoms with Crippen molar-refractivity contribution in [1.82, 2.24) is 9.88 Å². The fourth-order valence-electron chi connectivity index (χ4n) is 2.41. The van der Waals surface area contributed by atoms with Gasteiger partial charge in [0, 0.05) is 11.4 Å². The van der Waals surface area contributed by atoms with Gasteiger partial charge in [0.1, 0.15) is 5.01 Å². The Hall–Kier alpha value is -0.120. The van der Waals surface area contributed by atoms with E-state index in [9.17, 15) is 0 Å². The van der Waals surface area contributed by atoms with Crippen molar-refractivity contribution in [2.75, 3.05) is 6.54 Å². The van der Waals surface area contributed by atoms with Crippen LogP contribution in [0.5, 0.6) is 0 Å². The molecule has 1 atom stereocenters. The first kappa shape index (κ1) is 16.9. The molecule has 1 aromatic heterocycles. The second-order valence-corrected chi connectivity index (χ2v) is 6.43. The fraction of sp³-hybridized carbons (Fsp3) is 0.800. The summed E-state index contributed by atoms with van der Waals surface area (Å²) in [7, 11) is 0. The highest BCUT2D eigenvalue weighted by Gasteiger charge is 2.23. The lowest BCUT2D eigenvalue weighted by Crippen LogP contribution is -2.35. The predicted molar refractivity (Wildman–Crippen MR) is 86.1 cm³/mol. The van der Waals surface area contributed by atoms with E-state index in [-0.39, 0.29) is 0 Å². The van der Waals surface area contributed by atoms with E-state index in [4.69, 9.17) is 11.6 Å². The molecule has 0 aliphatic heterocycles. The molecule has 4 heteroatoms. The first-order valence-corrected chi connectivity index (χ1v) is 8.81. The molecule has 0 bridgehead atoms. The van der Waals surface area contributed by atoms with Gasteiger partial charge in [0.05, 0.1) is 17.6 Å². The minimum Gasteiger partial charge on any atom is -0.292 e. The topological polar surface area (TPSA) is 16.1 Å². The molecular formula is C15H27ClN2S. The lowest BCUT2D eigenvalue weighted by atomic mass is 10.1. The van der Waals surface area contributed by atoms with Gasteiger partial charge in [-0.15, -0.1) is 22.9 Å². The lowest BCUT2D eigenvalue weighted by Gasteiger charge is -2.33. The molecule has 1 rings (SSSR count). The van der Waals surface area contributed by atoms with Crippen molar-refractivity contribution in [1.29, 1.82) is 0 Å². The molecule has 1 unspecified atom stereocenters. The second-order valence-electron chi connectivity index (χ2n) is 5.27. The van der Waals surface area contributed by atoms with Gasteiger partial charge in [-0.3, -0.25) is 4.90 Å². The van der Waals surface area contributed by atoms with Crippen molar-refractivity contribution in [3.8, 4) is 0 Å². The van der Waals surface area contributed by atoms with E-state index in [1.807, 2.05) is 0 Å². The van der Waals surface area contributed by atoms with Crippen molar-refractivity contribution < 1.29 is 0 Å². The van der Waals surface area contributed by atoms with Gasteiger partial charge in [0.15, 0.2) is 0 Å². The quantitative estimate of drug-likeness (QED) is 0.458. The zero-order valence-electron chi connectivity index (χ0n) is 12.7. The van der Waals surface area contributed by atoms with Crippen LogP contribution in [0.4, 0.5) is 0 Å². The summed E-state index contributed by atoms with van der Waals surface area (Å²) >= 11 is 7.62. The maximum Gasteiger partial charge on any atom is 0.110 e. The molecule has 0 N–H and O–H groups in total.